The molecule has 1 saturated carbocycles. The van der Waals surface area contributed by atoms with E-state index in [-0.39, 0.29) is 11.7 Å². The van der Waals surface area contributed by atoms with E-state index in [1.165, 1.54) is 12.5 Å². The van der Waals surface area contributed by atoms with Crippen LogP contribution in [0.2, 0.25) is 0 Å². The van der Waals surface area contributed by atoms with E-state index < -0.39 is 4.92 Å². The summed E-state index contributed by atoms with van der Waals surface area (Å²) in [6, 6.07) is 4.98. The third kappa shape index (κ3) is 2.21. The molecule has 0 spiro atoms. The maximum Gasteiger partial charge on any atom is 0.322 e. The third-order valence-corrected chi connectivity index (χ3v) is 4.26. The van der Waals surface area contributed by atoms with E-state index in [0.717, 1.165) is 19.4 Å². The van der Waals surface area contributed by atoms with E-state index in [1.807, 2.05) is 4.90 Å². The van der Waals surface area contributed by atoms with Gasteiger partial charge in [-0.2, -0.15) is 0 Å². The molecule has 0 bridgehead atoms. The van der Waals surface area contributed by atoms with Crippen LogP contribution in [0.5, 0.6) is 0 Å². The molecule has 0 radical (unpaired) electrons. The number of amides is 2. The van der Waals surface area contributed by atoms with Crippen LogP contribution in [0.3, 0.4) is 0 Å². The van der Waals surface area contributed by atoms with Crippen LogP contribution in [0.15, 0.2) is 18.2 Å². The van der Waals surface area contributed by atoms with Crippen molar-refractivity contribution in [2.45, 2.75) is 32.2 Å². The predicted octanol–water partition coefficient (Wildman–Crippen LogP) is 2.92. The molecule has 1 aliphatic carbocycles. The summed E-state index contributed by atoms with van der Waals surface area (Å²) in [7, 11) is 0. The molecule has 106 valence electrons. The fourth-order valence-corrected chi connectivity index (χ4v) is 3.01. The van der Waals surface area contributed by atoms with Crippen molar-refractivity contribution in [1.82, 2.24) is 4.90 Å². The molecule has 2 fully saturated rings. The Morgan fingerprint density at radius 3 is 3.05 bits per heavy atom. The summed E-state index contributed by atoms with van der Waals surface area (Å²) in [6.45, 7) is 2.44. The number of benzene rings is 1. The van der Waals surface area contributed by atoms with E-state index in [1.54, 1.807) is 19.1 Å². The number of hydrogen-bond donors (Lipinski definition) is 1. The van der Waals surface area contributed by atoms with E-state index in [0.29, 0.717) is 23.2 Å². The Morgan fingerprint density at radius 2 is 2.30 bits per heavy atom. The third-order valence-electron chi connectivity index (χ3n) is 4.26. The molecule has 6 heteroatoms. The molecule has 2 aliphatic rings. The zero-order valence-electron chi connectivity index (χ0n) is 11.3. The van der Waals surface area contributed by atoms with Gasteiger partial charge in [0.1, 0.15) is 0 Å². The van der Waals surface area contributed by atoms with Crippen LogP contribution in [-0.2, 0) is 0 Å². The molecular formula is C14H17N3O3. The molecule has 2 atom stereocenters. The number of carbonyl (C=O) groups excluding carboxylic acids is 1. The summed E-state index contributed by atoms with van der Waals surface area (Å²) in [5.41, 5.74) is 1.05. The van der Waals surface area contributed by atoms with Crippen molar-refractivity contribution >= 4 is 17.4 Å². The number of fused-ring (bicyclic) bond motifs is 1. The summed E-state index contributed by atoms with van der Waals surface area (Å²) < 4.78 is 0. The highest BCUT2D eigenvalue weighted by atomic mass is 16.6. The van der Waals surface area contributed by atoms with Crippen molar-refractivity contribution in [3.8, 4) is 0 Å². The summed E-state index contributed by atoms with van der Waals surface area (Å²) in [5.74, 6) is 0.667. The van der Waals surface area contributed by atoms with E-state index in [2.05, 4.69) is 5.32 Å². The minimum absolute atomic E-state index is 0.0331. The molecule has 1 N–H and O–H groups in total. The van der Waals surface area contributed by atoms with Gasteiger partial charge in [0.2, 0.25) is 0 Å². The number of piperidine rings is 1. The Kier molecular flexibility index (Phi) is 3.08. The van der Waals surface area contributed by atoms with Gasteiger partial charge in [0.05, 0.1) is 16.2 Å². The number of nitrogens with zero attached hydrogens (tertiary/aromatic N) is 2. The Hall–Kier alpha value is -2.11. The zero-order chi connectivity index (χ0) is 14.3. The second-order valence-corrected chi connectivity index (χ2v) is 5.54. The molecule has 2 amide bonds. The first-order valence-electron chi connectivity index (χ1n) is 6.89. The Labute approximate surface area is 116 Å². The SMILES string of the molecule is Cc1c(NC(=O)N2CCCC3CC32)cccc1[N+](=O)[O-]. The van der Waals surface area contributed by atoms with Gasteiger partial charge in [-0.3, -0.25) is 10.1 Å². The fraction of sp³-hybridized carbons (Fsp3) is 0.500. The van der Waals surface area contributed by atoms with Gasteiger partial charge in [-0.05, 0) is 38.2 Å². The molecule has 6 nitrogen and oxygen atoms in total. The molecule has 3 rings (SSSR count). The number of likely N-dealkylation sites (tertiary alicyclic amines) is 1. The molecular weight excluding hydrogens is 258 g/mol. The first-order valence-corrected chi connectivity index (χ1v) is 6.89. The van der Waals surface area contributed by atoms with Crippen LogP contribution in [0.25, 0.3) is 0 Å². The van der Waals surface area contributed by atoms with Crippen molar-refractivity contribution in [2.75, 3.05) is 11.9 Å². The van der Waals surface area contributed by atoms with E-state index in [9.17, 15) is 14.9 Å². The maximum absolute atomic E-state index is 12.3. The van der Waals surface area contributed by atoms with Crippen molar-refractivity contribution in [1.29, 1.82) is 0 Å². The number of nitrogens with one attached hydrogen (secondary N) is 1. The minimum Gasteiger partial charge on any atom is -0.321 e. The highest BCUT2D eigenvalue weighted by molar-refractivity contribution is 5.91. The van der Waals surface area contributed by atoms with Crippen LogP contribution in [-0.4, -0.2) is 28.4 Å². The lowest BCUT2D eigenvalue weighted by molar-refractivity contribution is -0.385. The highest BCUT2D eigenvalue weighted by Crippen LogP contribution is 2.43. The normalized spacial score (nSPS) is 23.9. The Morgan fingerprint density at radius 1 is 1.50 bits per heavy atom. The summed E-state index contributed by atoms with van der Waals surface area (Å²) in [4.78, 5) is 24.6. The van der Waals surface area contributed by atoms with Crippen LogP contribution in [0.1, 0.15) is 24.8 Å². The van der Waals surface area contributed by atoms with Crippen LogP contribution in [0.4, 0.5) is 16.2 Å². The lowest BCUT2D eigenvalue weighted by Gasteiger charge is -2.27. The molecule has 1 saturated heterocycles. The number of rotatable bonds is 2. The van der Waals surface area contributed by atoms with Crippen LogP contribution < -0.4 is 5.32 Å². The number of nitro benzene ring substituents is 1. The number of urea groups is 1. The molecule has 2 unspecified atom stereocenters. The van der Waals surface area contributed by atoms with Crippen LogP contribution in [0, 0.1) is 23.0 Å². The van der Waals surface area contributed by atoms with E-state index >= 15 is 0 Å². The van der Waals surface area contributed by atoms with Gasteiger partial charge in [-0.25, -0.2) is 4.79 Å². The van der Waals surface area contributed by atoms with E-state index in [4.69, 9.17) is 0 Å². The Balaban J connectivity index is 1.76. The van der Waals surface area contributed by atoms with Gasteiger partial charge in [0.25, 0.3) is 5.69 Å². The summed E-state index contributed by atoms with van der Waals surface area (Å²) >= 11 is 0. The first-order chi connectivity index (χ1) is 9.58. The second-order valence-electron chi connectivity index (χ2n) is 5.54. The quantitative estimate of drug-likeness (QED) is 0.666. The average Bonchev–Trinajstić information content (AvgIpc) is 3.19. The molecule has 20 heavy (non-hydrogen) atoms. The first kappa shape index (κ1) is 12.9. The topological polar surface area (TPSA) is 75.5 Å². The average molecular weight is 275 g/mol. The minimum atomic E-state index is -0.428. The van der Waals surface area contributed by atoms with Crippen LogP contribution >= 0.6 is 0 Å². The van der Waals surface area contributed by atoms with Gasteiger partial charge in [0.15, 0.2) is 0 Å². The molecule has 1 aromatic carbocycles. The van der Waals surface area contributed by atoms with Crippen molar-refractivity contribution in [3.63, 3.8) is 0 Å². The summed E-state index contributed by atoms with van der Waals surface area (Å²) in [5, 5.41) is 13.7. The molecule has 1 aromatic rings. The largest absolute Gasteiger partial charge is 0.322 e. The zero-order valence-corrected chi connectivity index (χ0v) is 11.3. The number of hydrogen-bond acceptors (Lipinski definition) is 3. The van der Waals surface area contributed by atoms with Gasteiger partial charge >= 0.3 is 6.03 Å². The molecule has 1 aliphatic heterocycles. The van der Waals surface area contributed by atoms with Gasteiger partial charge < -0.3 is 10.2 Å². The Bertz CT molecular complexity index is 573. The number of anilines is 1. The van der Waals surface area contributed by atoms with Crippen molar-refractivity contribution in [3.05, 3.63) is 33.9 Å². The lowest BCUT2D eigenvalue weighted by atomic mass is 10.1. The fourth-order valence-electron chi connectivity index (χ4n) is 3.01. The van der Waals surface area contributed by atoms with Crippen molar-refractivity contribution in [2.24, 2.45) is 5.92 Å². The smallest absolute Gasteiger partial charge is 0.321 e. The van der Waals surface area contributed by atoms with Gasteiger partial charge in [0, 0.05) is 18.7 Å². The number of nitro groups is 1. The lowest BCUT2D eigenvalue weighted by Crippen LogP contribution is -2.40. The number of carbonyl (C=O) groups is 1. The van der Waals surface area contributed by atoms with Crippen molar-refractivity contribution < 1.29 is 9.72 Å². The van der Waals surface area contributed by atoms with Gasteiger partial charge in [-0.1, -0.05) is 6.07 Å². The molecule has 0 aromatic heterocycles. The second kappa shape index (κ2) is 4.77. The summed E-state index contributed by atoms with van der Waals surface area (Å²) in [6.07, 6.45) is 3.36. The molecule has 1 heterocycles. The monoisotopic (exact) mass is 275 g/mol. The van der Waals surface area contributed by atoms with Gasteiger partial charge in [-0.15, -0.1) is 0 Å². The highest BCUT2D eigenvalue weighted by Gasteiger charge is 2.46. The standard InChI is InChI=1S/C14H17N3O3/c1-9-11(5-2-6-12(9)17(19)20)15-14(18)16-7-3-4-10-8-13(10)16/h2,5-6,10,13H,3-4,7-8H2,1H3,(H,15,18). The maximum atomic E-state index is 12.3. The predicted molar refractivity (Wildman–Crippen MR) is 74.7 cm³/mol.